The van der Waals surface area contributed by atoms with E-state index < -0.39 is 0 Å². The summed E-state index contributed by atoms with van der Waals surface area (Å²) in [7, 11) is 0. The number of rotatable bonds is 5. The van der Waals surface area contributed by atoms with Crippen molar-refractivity contribution in [3.8, 4) is 0 Å². The summed E-state index contributed by atoms with van der Waals surface area (Å²) in [5.41, 5.74) is 0. The molecule has 5 nitrogen and oxygen atoms in total. The van der Waals surface area contributed by atoms with E-state index in [1.54, 1.807) is 0 Å². The van der Waals surface area contributed by atoms with E-state index in [1.807, 2.05) is 30.3 Å². The average Bonchev–Trinajstić information content (AvgIpc) is 3.02. The summed E-state index contributed by atoms with van der Waals surface area (Å²) in [5, 5.41) is 0. The number of likely N-dealkylation sites (tertiary alicyclic amines) is 1. The molecular formula is C20H27N3O2. The van der Waals surface area contributed by atoms with Crippen LogP contribution in [-0.4, -0.2) is 33.4 Å². The summed E-state index contributed by atoms with van der Waals surface area (Å²) in [5.74, 6) is 4.66. The van der Waals surface area contributed by atoms with Gasteiger partial charge < -0.3 is 13.9 Å². The van der Waals surface area contributed by atoms with Gasteiger partial charge >= 0.3 is 0 Å². The third-order valence-electron chi connectivity index (χ3n) is 5.75. The highest BCUT2D eigenvalue weighted by atomic mass is 16.3. The fourth-order valence-corrected chi connectivity index (χ4v) is 4.02. The Morgan fingerprint density at radius 1 is 1.40 bits per heavy atom. The van der Waals surface area contributed by atoms with Crippen molar-refractivity contribution in [3.63, 3.8) is 0 Å². The van der Waals surface area contributed by atoms with Crippen molar-refractivity contribution in [2.24, 2.45) is 5.92 Å². The van der Waals surface area contributed by atoms with E-state index in [-0.39, 0.29) is 5.91 Å². The van der Waals surface area contributed by atoms with Gasteiger partial charge in [0.2, 0.25) is 5.91 Å². The Morgan fingerprint density at radius 2 is 2.24 bits per heavy atom. The molecule has 2 aromatic heterocycles. The van der Waals surface area contributed by atoms with E-state index in [4.69, 9.17) is 4.42 Å². The lowest BCUT2D eigenvalue weighted by atomic mass is 10.0. The topological polar surface area (TPSA) is 51.3 Å². The minimum absolute atomic E-state index is 0.236. The Labute approximate surface area is 149 Å². The maximum Gasteiger partial charge on any atom is 0.223 e. The molecule has 0 unspecified atom stereocenters. The second-order valence-electron chi connectivity index (χ2n) is 7.64. The van der Waals surface area contributed by atoms with Gasteiger partial charge in [-0.05, 0) is 44.2 Å². The van der Waals surface area contributed by atoms with E-state index >= 15 is 0 Å². The number of hydrogen-bond donors (Lipinski definition) is 0. The Morgan fingerprint density at radius 3 is 2.96 bits per heavy atom. The first kappa shape index (κ1) is 16.4. The SMILES string of the molecule is Cc1nccn1[C@@H]1CCCN(C(=O)CCc2ccc([C@@H]3C[C@H]3C)o2)C1. The second-order valence-corrected chi connectivity index (χ2v) is 7.64. The van der Waals surface area contributed by atoms with Gasteiger partial charge in [-0.1, -0.05) is 6.92 Å². The highest BCUT2D eigenvalue weighted by molar-refractivity contribution is 5.76. The van der Waals surface area contributed by atoms with Gasteiger partial charge in [0, 0.05) is 44.2 Å². The summed E-state index contributed by atoms with van der Waals surface area (Å²) in [6, 6.07) is 4.49. The normalized spacial score (nSPS) is 26.0. The zero-order valence-electron chi connectivity index (χ0n) is 15.1. The van der Waals surface area contributed by atoms with Crippen LogP contribution in [0.25, 0.3) is 0 Å². The van der Waals surface area contributed by atoms with Gasteiger partial charge in [-0.2, -0.15) is 0 Å². The molecule has 25 heavy (non-hydrogen) atoms. The number of carbonyl (C=O) groups excluding carboxylic acids is 1. The Kier molecular flexibility index (Phi) is 4.40. The third-order valence-corrected chi connectivity index (χ3v) is 5.75. The molecule has 0 bridgehead atoms. The molecule has 3 heterocycles. The predicted molar refractivity (Wildman–Crippen MR) is 95.4 cm³/mol. The molecule has 3 atom stereocenters. The van der Waals surface area contributed by atoms with Crippen LogP contribution in [0.2, 0.25) is 0 Å². The number of carbonyl (C=O) groups is 1. The van der Waals surface area contributed by atoms with Crippen molar-refractivity contribution in [2.75, 3.05) is 13.1 Å². The van der Waals surface area contributed by atoms with Crippen molar-refractivity contribution in [1.29, 1.82) is 0 Å². The van der Waals surface area contributed by atoms with Crippen molar-refractivity contribution >= 4 is 5.91 Å². The van der Waals surface area contributed by atoms with Crippen molar-refractivity contribution in [2.45, 2.75) is 57.9 Å². The van der Waals surface area contributed by atoms with Gasteiger partial charge in [0.1, 0.15) is 17.3 Å². The number of aromatic nitrogens is 2. The smallest absolute Gasteiger partial charge is 0.223 e. The van der Waals surface area contributed by atoms with Crippen LogP contribution in [0.4, 0.5) is 0 Å². The molecule has 0 radical (unpaired) electrons. The molecule has 2 aromatic rings. The summed E-state index contributed by atoms with van der Waals surface area (Å²) in [4.78, 5) is 19.0. The minimum Gasteiger partial charge on any atom is -0.466 e. The fraction of sp³-hybridized carbons (Fsp3) is 0.600. The lowest BCUT2D eigenvalue weighted by Crippen LogP contribution is -2.40. The number of piperidine rings is 1. The molecule has 4 rings (SSSR count). The number of aryl methyl sites for hydroxylation is 2. The molecule has 1 saturated heterocycles. The highest BCUT2D eigenvalue weighted by Crippen LogP contribution is 2.47. The number of hydrogen-bond acceptors (Lipinski definition) is 3. The van der Waals surface area contributed by atoms with Crippen LogP contribution in [0.5, 0.6) is 0 Å². The van der Waals surface area contributed by atoms with Crippen LogP contribution in [0, 0.1) is 12.8 Å². The standard InChI is InChI=1S/C20H27N3O2/c1-14-12-18(14)19-7-5-17(25-19)6-8-20(24)22-10-3-4-16(13-22)23-11-9-21-15(23)2/h5,7,9,11,14,16,18H,3-4,6,8,10,12-13H2,1-2H3/t14-,16-,18-/m1/s1. The average molecular weight is 341 g/mol. The van der Waals surface area contributed by atoms with Gasteiger partial charge in [-0.25, -0.2) is 4.98 Å². The molecule has 1 amide bonds. The molecule has 0 aromatic carbocycles. The maximum absolute atomic E-state index is 12.6. The predicted octanol–water partition coefficient (Wildman–Crippen LogP) is 3.70. The molecule has 1 aliphatic carbocycles. The van der Waals surface area contributed by atoms with Crippen LogP contribution in [0.3, 0.4) is 0 Å². The zero-order valence-corrected chi connectivity index (χ0v) is 15.1. The van der Waals surface area contributed by atoms with Gasteiger partial charge in [-0.15, -0.1) is 0 Å². The molecule has 0 spiro atoms. The maximum atomic E-state index is 12.6. The third kappa shape index (κ3) is 3.51. The molecule has 134 valence electrons. The summed E-state index contributed by atoms with van der Waals surface area (Å²) in [6.07, 6.45) is 8.49. The van der Waals surface area contributed by atoms with Gasteiger partial charge in [-0.3, -0.25) is 4.79 Å². The molecule has 2 fully saturated rings. The largest absolute Gasteiger partial charge is 0.466 e. The zero-order chi connectivity index (χ0) is 17.4. The van der Waals surface area contributed by atoms with E-state index in [1.165, 1.54) is 6.42 Å². The van der Waals surface area contributed by atoms with Gasteiger partial charge in [0.25, 0.3) is 0 Å². The van der Waals surface area contributed by atoms with Crippen molar-refractivity contribution < 1.29 is 9.21 Å². The van der Waals surface area contributed by atoms with Crippen LogP contribution in [-0.2, 0) is 11.2 Å². The molecule has 2 aliphatic rings. The first-order valence-corrected chi connectivity index (χ1v) is 9.47. The van der Waals surface area contributed by atoms with E-state index in [9.17, 15) is 4.79 Å². The molecule has 0 N–H and O–H groups in total. The quantitative estimate of drug-likeness (QED) is 0.833. The summed E-state index contributed by atoms with van der Waals surface area (Å²) in [6.45, 7) is 5.94. The Hall–Kier alpha value is -2.04. The van der Waals surface area contributed by atoms with Crippen LogP contribution >= 0.6 is 0 Å². The van der Waals surface area contributed by atoms with Crippen molar-refractivity contribution in [3.05, 3.63) is 41.9 Å². The van der Waals surface area contributed by atoms with Crippen molar-refractivity contribution in [1.82, 2.24) is 14.5 Å². The lowest BCUT2D eigenvalue weighted by Gasteiger charge is -2.34. The minimum atomic E-state index is 0.236. The Bertz CT molecular complexity index is 748. The van der Waals surface area contributed by atoms with E-state index in [2.05, 4.69) is 22.5 Å². The van der Waals surface area contributed by atoms with E-state index in [0.717, 1.165) is 49.2 Å². The number of imidazole rings is 1. The molecular weight excluding hydrogens is 314 g/mol. The Balaban J connectivity index is 1.31. The lowest BCUT2D eigenvalue weighted by molar-refractivity contribution is -0.132. The first-order chi connectivity index (χ1) is 12.1. The van der Waals surface area contributed by atoms with E-state index in [0.29, 0.717) is 24.8 Å². The number of amides is 1. The van der Waals surface area contributed by atoms with Gasteiger partial charge in [0.15, 0.2) is 0 Å². The van der Waals surface area contributed by atoms with Crippen LogP contribution in [0.1, 0.15) is 61.9 Å². The number of furan rings is 1. The van der Waals surface area contributed by atoms with Gasteiger partial charge in [0.05, 0.1) is 6.04 Å². The summed E-state index contributed by atoms with van der Waals surface area (Å²) >= 11 is 0. The molecule has 1 saturated carbocycles. The van der Waals surface area contributed by atoms with Crippen LogP contribution < -0.4 is 0 Å². The van der Waals surface area contributed by atoms with Crippen LogP contribution in [0.15, 0.2) is 28.9 Å². The fourth-order valence-electron chi connectivity index (χ4n) is 4.02. The number of nitrogens with zero attached hydrogens (tertiary/aromatic N) is 3. The summed E-state index contributed by atoms with van der Waals surface area (Å²) < 4.78 is 8.13. The second kappa shape index (κ2) is 6.70. The first-order valence-electron chi connectivity index (χ1n) is 9.47. The molecule has 5 heteroatoms. The monoisotopic (exact) mass is 341 g/mol. The highest BCUT2D eigenvalue weighted by Gasteiger charge is 2.36. The molecule has 1 aliphatic heterocycles.